The summed E-state index contributed by atoms with van der Waals surface area (Å²) in [5.74, 6) is 0.122. The largest absolute Gasteiger partial charge is 0.281 e. The van der Waals surface area contributed by atoms with Crippen LogP contribution < -0.4 is 0 Å². The van der Waals surface area contributed by atoms with Crippen molar-refractivity contribution < 1.29 is 8.42 Å². The van der Waals surface area contributed by atoms with E-state index >= 15 is 0 Å². The van der Waals surface area contributed by atoms with Crippen LogP contribution in [0.15, 0.2) is 5.03 Å². The summed E-state index contributed by atoms with van der Waals surface area (Å²) in [5.41, 5.74) is 0.761. The fraction of sp³-hybridized carbons (Fsp3) is 0.727. The normalized spacial score (nSPS) is 13.3. The summed E-state index contributed by atoms with van der Waals surface area (Å²) in [6.45, 7) is 7.47. The number of nitrogens with one attached hydrogen (secondary N) is 1. The van der Waals surface area contributed by atoms with Crippen LogP contribution in [0.2, 0.25) is 0 Å². The fourth-order valence-corrected chi connectivity index (χ4v) is 3.62. The summed E-state index contributed by atoms with van der Waals surface area (Å²) in [7, 11) is -2.05. The first kappa shape index (κ1) is 15.5. The van der Waals surface area contributed by atoms with Gasteiger partial charge in [0.1, 0.15) is 0 Å². The van der Waals surface area contributed by atoms with Gasteiger partial charge in [-0.2, -0.15) is 9.40 Å². The van der Waals surface area contributed by atoms with Gasteiger partial charge < -0.3 is 0 Å². The van der Waals surface area contributed by atoms with Crippen molar-refractivity contribution in [2.24, 2.45) is 0 Å². The van der Waals surface area contributed by atoms with Gasteiger partial charge in [0, 0.05) is 23.8 Å². The maximum atomic E-state index is 12.5. The minimum Gasteiger partial charge on any atom is -0.281 e. The Kier molecular flexibility index (Phi) is 4.46. The lowest BCUT2D eigenvalue weighted by atomic mass is 10.0. The molecule has 0 atom stereocenters. The Bertz CT molecular complexity index is 522. The van der Waals surface area contributed by atoms with Crippen molar-refractivity contribution in [3.05, 3.63) is 11.3 Å². The summed E-state index contributed by atoms with van der Waals surface area (Å²) >= 11 is 5.79. The van der Waals surface area contributed by atoms with Gasteiger partial charge in [-0.1, -0.05) is 6.92 Å². The fourth-order valence-electron chi connectivity index (χ4n) is 1.48. The van der Waals surface area contributed by atoms with Crippen LogP contribution in [0.5, 0.6) is 0 Å². The van der Waals surface area contributed by atoms with E-state index < -0.39 is 15.6 Å². The number of hydrogen-bond acceptors (Lipinski definition) is 3. The number of aromatic amines is 1. The number of alkyl halides is 1. The van der Waals surface area contributed by atoms with Crippen LogP contribution in [0.3, 0.4) is 0 Å². The molecule has 0 unspecified atom stereocenters. The number of hydrogen-bond donors (Lipinski definition) is 1. The Labute approximate surface area is 114 Å². The monoisotopic (exact) mass is 293 g/mol. The van der Waals surface area contributed by atoms with Crippen LogP contribution >= 0.6 is 11.6 Å². The van der Waals surface area contributed by atoms with E-state index in [4.69, 9.17) is 11.6 Å². The molecule has 104 valence electrons. The van der Waals surface area contributed by atoms with Crippen molar-refractivity contribution in [1.82, 2.24) is 14.5 Å². The number of aromatic nitrogens is 2. The van der Waals surface area contributed by atoms with Crippen LogP contribution in [0.1, 0.15) is 38.4 Å². The second kappa shape index (κ2) is 5.19. The van der Waals surface area contributed by atoms with Gasteiger partial charge in [0.05, 0.1) is 5.88 Å². The smallest absolute Gasteiger partial charge is 0.262 e. The lowest BCUT2D eigenvalue weighted by Gasteiger charge is -2.33. The van der Waals surface area contributed by atoms with E-state index in [-0.39, 0.29) is 10.9 Å². The molecule has 1 N–H and O–H groups in total. The van der Waals surface area contributed by atoms with Crippen molar-refractivity contribution in [2.75, 3.05) is 7.05 Å². The van der Waals surface area contributed by atoms with E-state index in [1.165, 1.54) is 4.31 Å². The highest BCUT2D eigenvalue weighted by molar-refractivity contribution is 7.89. The summed E-state index contributed by atoms with van der Waals surface area (Å²) in [4.78, 5) is 0. The van der Waals surface area contributed by atoms with Crippen molar-refractivity contribution >= 4 is 21.6 Å². The molecule has 1 rings (SSSR count). The molecular formula is C11H20ClN3O2S. The number of rotatable bonds is 5. The molecule has 7 heteroatoms. The standard InChI is InChI=1S/C11H20ClN3O2S/c1-6-11(3,4)15(5)18(16,17)10-9(7-12)8(2)13-14-10/h6-7H2,1-5H3,(H,13,14). The molecule has 0 aliphatic rings. The van der Waals surface area contributed by atoms with Crippen molar-refractivity contribution in [3.8, 4) is 0 Å². The van der Waals surface area contributed by atoms with E-state index in [0.29, 0.717) is 17.7 Å². The van der Waals surface area contributed by atoms with Crippen LogP contribution in [0.25, 0.3) is 0 Å². The number of nitrogens with zero attached hydrogens (tertiary/aromatic N) is 2. The van der Waals surface area contributed by atoms with Gasteiger partial charge >= 0.3 is 0 Å². The molecule has 0 aromatic carbocycles. The topological polar surface area (TPSA) is 66.1 Å². The predicted octanol–water partition coefficient (Wildman–Crippen LogP) is 2.27. The Morgan fingerprint density at radius 3 is 2.44 bits per heavy atom. The molecule has 1 aromatic heterocycles. The predicted molar refractivity (Wildman–Crippen MR) is 72.2 cm³/mol. The van der Waals surface area contributed by atoms with Crippen LogP contribution in [-0.2, 0) is 15.9 Å². The molecule has 0 fully saturated rings. The molecule has 0 bridgehead atoms. The Hall–Kier alpha value is -0.590. The van der Waals surface area contributed by atoms with Crippen molar-refractivity contribution in [2.45, 2.75) is 50.6 Å². The third-order valence-electron chi connectivity index (χ3n) is 3.49. The van der Waals surface area contributed by atoms with Crippen LogP contribution in [0, 0.1) is 6.92 Å². The Balaban J connectivity index is 3.30. The second-order valence-electron chi connectivity index (χ2n) is 4.90. The molecule has 0 aliphatic heterocycles. The molecular weight excluding hydrogens is 274 g/mol. The number of aryl methyl sites for hydroxylation is 1. The molecule has 0 saturated heterocycles. The van der Waals surface area contributed by atoms with Crippen LogP contribution in [0.4, 0.5) is 0 Å². The molecule has 18 heavy (non-hydrogen) atoms. The molecule has 0 saturated carbocycles. The number of H-pyrrole nitrogens is 1. The highest BCUT2D eigenvalue weighted by Crippen LogP contribution is 2.27. The zero-order valence-corrected chi connectivity index (χ0v) is 13.0. The molecule has 5 nitrogen and oxygen atoms in total. The maximum absolute atomic E-state index is 12.5. The molecule has 1 heterocycles. The van der Waals surface area contributed by atoms with Crippen molar-refractivity contribution in [1.29, 1.82) is 0 Å². The third kappa shape index (κ3) is 2.55. The summed E-state index contributed by atoms with van der Waals surface area (Å²) in [5, 5.41) is 6.59. The van der Waals surface area contributed by atoms with Gasteiger partial charge in [0.15, 0.2) is 5.03 Å². The van der Waals surface area contributed by atoms with Crippen LogP contribution in [-0.4, -0.2) is 35.5 Å². The van der Waals surface area contributed by atoms with Gasteiger partial charge in [-0.25, -0.2) is 8.42 Å². The van der Waals surface area contributed by atoms with Gasteiger partial charge in [-0.3, -0.25) is 5.10 Å². The number of halogens is 1. The Morgan fingerprint density at radius 2 is 2.00 bits per heavy atom. The molecule has 0 amide bonds. The van der Waals surface area contributed by atoms with Gasteiger partial charge in [-0.15, -0.1) is 11.6 Å². The highest BCUT2D eigenvalue weighted by atomic mass is 35.5. The Morgan fingerprint density at radius 1 is 1.44 bits per heavy atom. The highest BCUT2D eigenvalue weighted by Gasteiger charge is 2.35. The van der Waals surface area contributed by atoms with E-state index in [9.17, 15) is 8.42 Å². The zero-order valence-electron chi connectivity index (χ0n) is 11.4. The number of sulfonamides is 1. The summed E-state index contributed by atoms with van der Waals surface area (Å²) in [6, 6.07) is 0. The molecule has 0 spiro atoms. The minimum absolute atomic E-state index is 0.0269. The molecule has 0 aliphatic carbocycles. The van der Waals surface area contributed by atoms with Gasteiger partial charge in [0.25, 0.3) is 10.0 Å². The average Bonchev–Trinajstić information content (AvgIpc) is 2.69. The summed E-state index contributed by atoms with van der Waals surface area (Å²) < 4.78 is 26.4. The van der Waals surface area contributed by atoms with E-state index in [2.05, 4.69) is 10.2 Å². The first-order valence-corrected chi connectivity index (χ1v) is 7.74. The SMILES string of the molecule is CCC(C)(C)N(C)S(=O)(=O)c1n[nH]c(C)c1CCl. The quantitative estimate of drug-likeness (QED) is 0.847. The molecule has 0 radical (unpaired) electrons. The van der Waals surface area contributed by atoms with E-state index in [1.807, 2.05) is 20.8 Å². The average molecular weight is 294 g/mol. The third-order valence-corrected chi connectivity index (χ3v) is 5.80. The lowest BCUT2D eigenvalue weighted by Crippen LogP contribution is -2.44. The summed E-state index contributed by atoms with van der Waals surface area (Å²) in [6.07, 6.45) is 0.711. The van der Waals surface area contributed by atoms with E-state index in [0.717, 1.165) is 0 Å². The lowest BCUT2D eigenvalue weighted by molar-refractivity contribution is 0.256. The minimum atomic E-state index is -3.62. The first-order chi connectivity index (χ1) is 8.18. The zero-order chi connectivity index (χ0) is 14.1. The molecule has 1 aromatic rings. The second-order valence-corrected chi connectivity index (χ2v) is 7.06. The maximum Gasteiger partial charge on any atom is 0.262 e. The van der Waals surface area contributed by atoms with Gasteiger partial charge in [0.2, 0.25) is 0 Å². The van der Waals surface area contributed by atoms with Crippen molar-refractivity contribution in [3.63, 3.8) is 0 Å². The van der Waals surface area contributed by atoms with Gasteiger partial charge in [-0.05, 0) is 27.2 Å². The van der Waals surface area contributed by atoms with E-state index in [1.54, 1.807) is 14.0 Å². The first-order valence-electron chi connectivity index (χ1n) is 5.77.